The van der Waals surface area contributed by atoms with E-state index in [1.807, 2.05) is 19.1 Å². The van der Waals surface area contributed by atoms with Crippen LogP contribution in [-0.4, -0.2) is 32.8 Å². The van der Waals surface area contributed by atoms with Crippen LogP contribution in [0, 0.1) is 0 Å². The zero-order valence-electron chi connectivity index (χ0n) is 14.9. The van der Waals surface area contributed by atoms with Gasteiger partial charge in [-0.3, -0.25) is 0 Å². The molecule has 0 amide bonds. The fraction of sp³-hybridized carbons (Fsp3) is 0.611. The summed E-state index contributed by atoms with van der Waals surface area (Å²) in [5, 5.41) is 3.32. The minimum absolute atomic E-state index is 0.451. The molecule has 1 aromatic carbocycles. The first kappa shape index (κ1) is 18.2. The van der Waals surface area contributed by atoms with E-state index in [-0.39, 0.29) is 0 Å². The van der Waals surface area contributed by atoms with Crippen molar-refractivity contribution in [1.29, 1.82) is 0 Å². The van der Waals surface area contributed by atoms with E-state index in [1.165, 1.54) is 32.1 Å². The molecule has 6 nitrogen and oxygen atoms in total. The highest BCUT2D eigenvalue weighted by Crippen LogP contribution is 2.38. The Morgan fingerprint density at radius 3 is 2.33 bits per heavy atom. The predicted molar refractivity (Wildman–Crippen MR) is 96.1 cm³/mol. The number of nitrogens with zero attached hydrogens (tertiary/aromatic N) is 1. The molecule has 24 heavy (non-hydrogen) atoms. The summed E-state index contributed by atoms with van der Waals surface area (Å²) in [5.74, 6) is 2.39. The van der Waals surface area contributed by atoms with Gasteiger partial charge in [-0.2, -0.15) is 0 Å². The lowest BCUT2D eigenvalue weighted by Gasteiger charge is -2.23. The van der Waals surface area contributed by atoms with Crippen molar-refractivity contribution in [2.75, 3.05) is 20.8 Å². The van der Waals surface area contributed by atoms with Crippen LogP contribution in [0.1, 0.15) is 44.6 Å². The van der Waals surface area contributed by atoms with Crippen molar-refractivity contribution in [3.8, 4) is 17.2 Å². The van der Waals surface area contributed by atoms with Gasteiger partial charge in [0.15, 0.2) is 17.5 Å². The highest BCUT2D eigenvalue weighted by molar-refractivity contribution is 5.78. The lowest BCUT2D eigenvalue weighted by molar-refractivity contribution is 0.288. The molecule has 1 fully saturated rings. The first-order chi connectivity index (χ1) is 11.7. The van der Waals surface area contributed by atoms with E-state index in [4.69, 9.17) is 19.9 Å². The molecule has 0 bridgehead atoms. The molecule has 1 aliphatic rings. The standard InChI is InChI=1S/C18H29N3O3/c1-4-24-17-15(22-2)10-13(11-16(17)23-3)12-20-18(19)21-14-8-6-5-7-9-14/h10-11,14H,4-9,12H2,1-3H3,(H3,19,20,21). The minimum atomic E-state index is 0.451. The molecule has 1 aliphatic carbocycles. The molecule has 0 unspecified atom stereocenters. The number of ether oxygens (including phenoxy) is 3. The smallest absolute Gasteiger partial charge is 0.203 e. The molecule has 1 aromatic rings. The lowest BCUT2D eigenvalue weighted by atomic mass is 9.96. The zero-order valence-corrected chi connectivity index (χ0v) is 14.9. The molecule has 0 radical (unpaired) electrons. The largest absolute Gasteiger partial charge is 0.493 e. The van der Waals surface area contributed by atoms with Gasteiger partial charge in [0.05, 0.1) is 27.4 Å². The maximum atomic E-state index is 6.02. The quantitative estimate of drug-likeness (QED) is 0.592. The third kappa shape index (κ3) is 4.94. The van der Waals surface area contributed by atoms with Gasteiger partial charge in [-0.25, -0.2) is 4.99 Å². The van der Waals surface area contributed by atoms with Crippen LogP contribution in [0.5, 0.6) is 17.2 Å². The number of hydrogen-bond acceptors (Lipinski definition) is 4. The van der Waals surface area contributed by atoms with Crippen molar-refractivity contribution in [2.45, 2.75) is 51.6 Å². The number of benzene rings is 1. The van der Waals surface area contributed by atoms with Gasteiger partial charge in [0, 0.05) is 6.04 Å². The molecule has 0 spiro atoms. The molecule has 0 aromatic heterocycles. The summed E-state index contributed by atoms with van der Waals surface area (Å²) in [5.41, 5.74) is 6.98. The van der Waals surface area contributed by atoms with Crippen molar-refractivity contribution in [1.82, 2.24) is 5.32 Å². The van der Waals surface area contributed by atoms with Gasteiger partial charge < -0.3 is 25.3 Å². The molecule has 6 heteroatoms. The Morgan fingerprint density at radius 1 is 1.17 bits per heavy atom. The fourth-order valence-electron chi connectivity index (χ4n) is 2.99. The van der Waals surface area contributed by atoms with Crippen LogP contribution < -0.4 is 25.3 Å². The van der Waals surface area contributed by atoms with Gasteiger partial charge in [-0.15, -0.1) is 0 Å². The number of hydrogen-bond donors (Lipinski definition) is 2. The highest BCUT2D eigenvalue weighted by Gasteiger charge is 2.15. The Morgan fingerprint density at radius 2 is 1.79 bits per heavy atom. The summed E-state index contributed by atoms with van der Waals surface area (Å²) >= 11 is 0. The van der Waals surface area contributed by atoms with Crippen LogP contribution in [0.3, 0.4) is 0 Å². The molecular weight excluding hydrogens is 306 g/mol. The second-order valence-electron chi connectivity index (χ2n) is 5.94. The molecule has 1 saturated carbocycles. The normalized spacial score (nSPS) is 15.9. The first-order valence-electron chi connectivity index (χ1n) is 8.62. The molecule has 3 N–H and O–H groups in total. The van der Waals surface area contributed by atoms with Crippen LogP contribution in [-0.2, 0) is 6.54 Å². The van der Waals surface area contributed by atoms with Crippen molar-refractivity contribution in [2.24, 2.45) is 10.7 Å². The Labute approximate surface area is 144 Å². The van der Waals surface area contributed by atoms with Gasteiger partial charge in [0.25, 0.3) is 0 Å². The molecular formula is C18H29N3O3. The summed E-state index contributed by atoms with van der Waals surface area (Å²) in [4.78, 5) is 4.45. The number of rotatable bonds is 7. The van der Waals surface area contributed by atoms with Crippen molar-refractivity contribution < 1.29 is 14.2 Å². The minimum Gasteiger partial charge on any atom is -0.493 e. The van der Waals surface area contributed by atoms with Crippen LogP contribution >= 0.6 is 0 Å². The Hall–Kier alpha value is -2.11. The van der Waals surface area contributed by atoms with Gasteiger partial charge in [-0.1, -0.05) is 19.3 Å². The van der Waals surface area contributed by atoms with Crippen LogP contribution in [0.15, 0.2) is 17.1 Å². The van der Waals surface area contributed by atoms with Gasteiger partial charge >= 0.3 is 0 Å². The third-order valence-corrected chi connectivity index (χ3v) is 4.20. The summed E-state index contributed by atoms with van der Waals surface area (Å²) in [6, 6.07) is 4.27. The van der Waals surface area contributed by atoms with E-state index in [0.29, 0.717) is 42.4 Å². The number of guanidine groups is 1. The van der Waals surface area contributed by atoms with Gasteiger partial charge in [-0.05, 0) is 37.5 Å². The lowest BCUT2D eigenvalue weighted by Crippen LogP contribution is -2.41. The van der Waals surface area contributed by atoms with Crippen LogP contribution in [0.4, 0.5) is 0 Å². The van der Waals surface area contributed by atoms with Crippen molar-refractivity contribution >= 4 is 5.96 Å². The second kappa shape index (κ2) is 9.25. The molecule has 134 valence electrons. The van der Waals surface area contributed by atoms with Gasteiger partial charge in [0.1, 0.15) is 0 Å². The van der Waals surface area contributed by atoms with E-state index in [0.717, 1.165) is 5.56 Å². The highest BCUT2D eigenvalue weighted by atomic mass is 16.5. The first-order valence-corrected chi connectivity index (χ1v) is 8.62. The van der Waals surface area contributed by atoms with Crippen LogP contribution in [0.2, 0.25) is 0 Å². The van der Waals surface area contributed by atoms with E-state index >= 15 is 0 Å². The number of nitrogens with one attached hydrogen (secondary N) is 1. The summed E-state index contributed by atoms with van der Waals surface area (Å²) in [7, 11) is 3.23. The van der Waals surface area contributed by atoms with Gasteiger partial charge in [0.2, 0.25) is 5.75 Å². The summed E-state index contributed by atoms with van der Waals surface area (Å²) in [6.07, 6.45) is 6.18. The van der Waals surface area contributed by atoms with E-state index in [2.05, 4.69) is 10.3 Å². The maximum Gasteiger partial charge on any atom is 0.203 e. The van der Waals surface area contributed by atoms with E-state index < -0.39 is 0 Å². The summed E-state index contributed by atoms with van der Waals surface area (Å²) in [6.45, 7) is 2.93. The summed E-state index contributed by atoms with van der Waals surface area (Å²) < 4.78 is 16.4. The topological polar surface area (TPSA) is 78.1 Å². The Kier molecular flexibility index (Phi) is 7.03. The van der Waals surface area contributed by atoms with Crippen molar-refractivity contribution in [3.05, 3.63) is 17.7 Å². The average Bonchev–Trinajstić information content (AvgIpc) is 2.61. The molecule has 0 atom stereocenters. The number of aliphatic imine (C=N–C) groups is 1. The Balaban J connectivity index is 2.06. The van der Waals surface area contributed by atoms with Crippen LogP contribution in [0.25, 0.3) is 0 Å². The SMILES string of the molecule is CCOc1c(OC)cc(CN=C(N)NC2CCCCC2)cc1OC. The molecule has 0 saturated heterocycles. The molecule has 0 aliphatic heterocycles. The van der Waals surface area contributed by atoms with E-state index in [9.17, 15) is 0 Å². The number of methoxy groups -OCH3 is 2. The average molecular weight is 335 g/mol. The Bertz CT molecular complexity index is 529. The van der Waals surface area contributed by atoms with E-state index in [1.54, 1.807) is 14.2 Å². The molecule has 2 rings (SSSR count). The fourth-order valence-corrected chi connectivity index (χ4v) is 2.99. The monoisotopic (exact) mass is 335 g/mol. The number of nitrogens with two attached hydrogens (primary N) is 1. The maximum absolute atomic E-state index is 6.02. The zero-order chi connectivity index (χ0) is 17.4. The third-order valence-electron chi connectivity index (χ3n) is 4.20. The second-order valence-corrected chi connectivity index (χ2v) is 5.94. The predicted octanol–water partition coefficient (Wildman–Crippen LogP) is 2.84. The molecule has 0 heterocycles. The van der Waals surface area contributed by atoms with Crippen molar-refractivity contribution in [3.63, 3.8) is 0 Å².